The molecule has 0 spiro atoms. The number of hydrogen-bond acceptors (Lipinski definition) is 6. The highest BCUT2D eigenvalue weighted by molar-refractivity contribution is 6.36. The van der Waals surface area contributed by atoms with E-state index in [9.17, 15) is 19.2 Å². The molecule has 0 saturated carbocycles. The normalized spacial score (nSPS) is 13.6. The molecule has 0 fully saturated rings. The third-order valence-corrected chi connectivity index (χ3v) is 10.1. The van der Waals surface area contributed by atoms with Crippen LogP contribution in [0, 0.1) is 27.7 Å². The number of aryl methyl sites for hydroxylation is 4. The van der Waals surface area contributed by atoms with Gasteiger partial charge in [-0.3, -0.25) is 19.2 Å². The maximum Gasteiger partial charge on any atom is 0.266 e. The highest BCUT2D eigenvalue weighted by Gasteiger charge is 2.39. The van der Waals surface area contributed by atoms with E-state index in [1.54, 1.807) is 48.5 Å². The molecule has 254 valence electrons. The third kappa shape index (κ3) is 5.07. The number of amides is 4. The van der Waals surface area contributed by atoms with Gasteiger partial charge in [-0.2, -0.15) is 0 Å². The van der Waals surface area contributed by atoms with Gasteiger partial charge in [0.2, 0.25) is 0 Å². The molecule has 2 aliphatic rings. The molecule has 0 atom stereocenters. The average molecular weight is 683 g/mol. The molecule has 0 radical (unpaired) electrons. The summed E-state index contributed by atoms with van der Waals surface area (Å²) in [5, 5.41) is 0. The Kier molecular flexibility index (Phi) is 7.43. The number of fused-ring (bicyclic) bond motifs is 2. The summed E-state index contributed by atoms with van der Waals surface area (Å²) in [7, 11) is 0. The molecule has 6 aromatic rings. The molecular weight excluding hydrogens is 649 g/mol. The highest BCUT2D eigenvalue weighted by Crippen LogP contribution is 2.40. The molecule has 4 amide bonds. The van der Waals surface area contributed by atoms with Gasteiger partial charge in [0.25, 0.3) is 23.6 Å². The Morgan fingerprint density at radius 3 is 1.04 bits per heavy atom. The average Bonchev–Trinajstić information content (AvgIpc) is 3.53. The fourth-order valence-corrected chi connectivity index (χ4v) is 7.29. The van der Waals surface area contributed by atoms with Gasteiger partial charge >= 0.3 is 0 Å². The Morgan fingerprint density at radius 1 is 0.346 bits per heavy atom. The van der Waals surface area contributed by atoms with Crippen LogP contribution in [0.2, 0.25) is 0 Å². The molecule has 0 saturated heterocycles. The Balaban J connectivity index is 1.09. The summed E-state index contributed by atoms with van der Waals surface area (Å²) in [5.41, 5.74) is 24.0. The lowest BCUT2D eigenvalue weighted by Gasteiger charge is -2.22. The number of nitrogen functional groups attached to an aromatic ring is 2. The van der Waals surface area contributed by atoms with Crippen molar-refractivity contribution in [1.82, 2.24) is 0 Å². The van der Waals surface area contributed by atoms with Crippen LogP contribution in [0.4, 0.5) is 22.7 Å². The van der Waals surface area contributed by atoms with Gasteiger partial charge in [0.1, 0.15) is 0 Å². The first-order chi connectivity index (χ1) is 24.9. The molecule has 52 heavy (non-hydrogen) atoms. The molecule has 2 heterocycles. The predicted molar refractivity (Wildman–Crippen MR) is 206 cm³/mol. The van der Waals surface area contributed by atoms with Crippen molar-refractivity contribution in [2.75, 3.05) is 21.3 Å². The first kappa shape index (κ1) is 32.4. The lowest BCUT2D eigenvalue weighted by Crippen LogP contribution is -2.30. The molecule has 0 aliphatic carbocycles. The van der Waals surface area contributed by atoms with Crippen LogP contribution in [-0.4, -0.2) is 23.6 Å². The molecule has 8 nitrogen and oxygen atoms in total. The molecule has 0 unspecified atom stereocenters. The van der Waals surface area contributed by atoms with Crippen molar-refractivity contribution < 1.29 is 19.2 Å². The standard InChI is InChI=1S/C44H34N4O4/c1-23-19-39(47-41(49)33-15-9-29(21-37(33)43(47)51)27-5-11-31(45)12-6-27)25(3)17-35(23)36-18-26(4)40(20-24(36)2)48-42(50)34-16-10-30(22-38(34)44(48)52)28-7-13-32(46)14-8-28/h5-22H,45-46H2,1-4H3. The fourth-order valence-electron chi connectivity index (χ4n) is 7.29. The zero-order valence-electron chi connectivity index (χ0n) is 29.1. The molecule has 4 N–H and O–H groups in total. The van der Waals surface area contributed by atoms with Crippen LogP contribution in [0.3, 0.4) is 0 Å². The topological polar surface area (TPSA) is 127 Å². The van der Waals surface area contributed by atoms with Crippen molar-refractivity contribution in [3.05, 3.63) is 154 Å². The van der Waals surface area contributed by atoms with Gasteiger partial charge in [-0.05, 0) is 156 Å². The summed E-state index contributed by atoms with van der Waals surface area (Å²) >= 11 is 0. The summed E-state index contributed by atoms with van der Waals surface area (Å²) < 4.78 is 0. The Hall–Kier alpha value is -6.80. The number of rotatable bonds is 5. The zero-order chi connectivity index (χ0) is 36.6. The van der Waals surface area contributed by atoms with Crippen LogP contribution in [0.1, 0.15) is 63.7 Å². The van der Waals surface area contributed by atoms with E-state index in [1.165, 1.54) is 9.80 Å². The van der Waals surface area contributed by atoms with E-state index in [0.29, 0.717) is 45.0 Å². The van der Waals surface area contributed by atoms with Gasteiger partial charge in [0.05, 0.1) is 33.6 Å². The van der Waals surface area contributed by atoms with Gasteiger partial charge in [-0.25, -0.2) is 9.80 Å². The minimum Gasteiger partial charge on any atom is -0.399 e. The number of imide groups is 2. The van der Waals surface area contributed by atoms with Gasteiger partial charge in [0.15, 0.2) is 0 Å². The minimum absolute atomic E-state index is 0.358. The lowest BCUT2D eigenvalue weighted by atomic mass is 9.92. The minimum atomic E-state index is -0.370. The largest absolute Gasteiger partial charge is 0.399 e. The Bertz CT molecular complexity index is 2370. The van der Waals surface area contributed by atoms with Gasteiger partial charge < -0.3 is 11.5 Å². The molecule has 2 aliphatic heterocycles. The number of benzene rings is 6. The van der Waals surface area contributed by atoms with Crippen LogP contribution in [0.15, 0.2) is 109 Å². The maximum atomic E-state index is 13.8. The number of nitrogens with zero attached hydrogens (tertiary/aromatic N) is 2. The quantitative estimate of drug-likeness (QED) is 0.138. The fraction of sp³-hybridized carbons (Fsp3) is 0.0909. The molecule has 0 aromatic heterocycles. The number of hydrogen-bond donors (Lipinski definition) is 2. The van der Waals surface area contributed by atoms with Crippen molar-refractivity contribution in [2.24, 2.45) is 0 Å². The van der Waals surface area contributed by atoms with Crippen molar-refractivity contribution in [3.63, 3.8) is 0 Å². The van der Waals surface area contributed by atoms with Crippen molar-refractivity contribution >= 4 is 46.4 Å². The second kappa shape index (κ2) is 11.9. The number of carbonyl (C=O) groups excluding carboxylic acids is 4. The number of anilines is 4. The van der Waals surface area contributed by atoms with Crippen LogP contribution in [0.25, 0.3) is 33.4 Å². The highest BCUT2D eigenvalue weighted by atomic mass is 16.2. The van der Waals surface area contributed by atoms with Crippen molar-refractivity contribution in [1.29, 1.82) is 0 Å². The monoisotopic (exact) mass is 682 g/mol. The summed E-state index contributed by atoms with van der Waals surface area (Å²) in [4.78, 5) is 57.4. The Morgan fingerprint density at radius 2 is 0.673 bits per heavy atom. The van der Waals surface area contributed by atoms with Gasteiger partial charge in [-0.1, -0.05) is 36.4 Å². The first-order valence-corrected chi connectivity index (χ1v) is 16.9. The predicted octanol–water partition coefficient (Wildman–Crippen LogP) is 8.69. The lowest BCUT2D eigenvalue weighted by molar-refractivity contribution is 0.0910. The van der Waals surface area contributed by atoms with Crippen LogP contribution in [0.5, 0.6) is 0 Å². The van der Waals surface area contributed by atoms with Crippen molar-refractivity contribution in [2.45, 2.75) is 27.7 Å². The van der Waals surface area contributed by atoms with Crippen LogP contribution in [-0.2, 0) is 0 Å². The third-order valence-electron chi connectivity index (χ3n) is 10.1. The van der Waals surface area contributed by atoms with E-state index in [2.05, 4.69) is 0 Å². The van der Waals surface area contributed by atoms with E-state index < -0.39 is 0 Å². The maximum absolute atomic E-state index is 13.8. The second-order valence-corrected chi connectivity index (χ2v) is 13.6. The van der Waals surface area contributed by atoms with E-state index in [4.69, 9.17) is 11.5 Å². The molecule has 0 bridgehead atoms. The smallest absolute Gasteiger partial charge is 0.266 e. The molecule has 6 aromatic carbocycles. The van der Waals surface area contributed by atoms with E-state index in [1.807, 2.05) is 88.4 Å². The van der Waals surface area contributed by atoms with E-state index in [0.717, 1.165) is 55.6 Å². The summed E-state index contributed by atoms with van der Waals surface area (Å²) in [5.74, 6) is -1.47. The first-order valence-electron chi connectivity index (χ1n) is 16.9. The summed E-state index contributed by atoms with van der Waals surface area (Å²) in [6.07, 6.45) is 0. The molecule has 8 rings (SSSR count). The van der Waals surface area contributed by atoms with Crippen LogP contribution >= 0.6 is 0 Å². The zero-order valence-corrected chi connectivity index (χ0v) is 29.1. The second-order valence-electron chi connectivity index (χ2n) is 13.6. The van der Waals surface area contributed by atoms with Gasteiger partial charge in [-0.15, -0.1) is 0 Å². The number of carbonyl (C=O) groups is 4. The van der Waals surface area contributed by atoms with Crippen LogP contribution < -0.4 is 21.3 Å². The van der Waals surface area contributed by atoms with E-state index in [-0.39, 0.29) is 23.6 Å². The summed E-state index contributed by atoms with van der Waals surface area (Å²) in [6, 6.07) is 33.1. The Labute approximate surface area is 300 Å². The SMILES string of the molecule is Cc1cc(N2C(=O)c3ccc(-c4ccc(N)cc4)cc3C2=O)c(C)cc1-c1cc(C)c(N2C(=O)c3ccc(-c4ccc(N)cc4)cc3C2=O)cc1C. The van der Waals surface area contributed by atoms with E-state index >= 15 is 0 Å². The van der Waals surface area contributed by atoms with Crippen molar-refractivity contribution in [3.8, 4) is 33.4 Å². The van der Waals surface area contributed by atoms with Gasteiger partial charge in [0, 0.05) is 11.4 Å². The number of nitrogens with two attached hydrogens (primary N) is 2. The molecular formula is C44H34N4O4. The summed E-state index contributed by atoms with van der Waals surface area (Å²) in [6.45, 7) is 7.66. The molecule has 8 heteroatoms.